The molecule has 0 spiro atoms. The van der Waals surface area contributed by atoms with Gasteiger partial charge in [0.2, 0.25) is 5.01 Å². The van der Waals surface area contributed by atoms with E-state index in [1.54, 1.807) is 60.5 Å². The number of hydrogen-bond acceptors (Lipinski definition) is 6. The molecule has 0 radical (unpaired) electrons. The molecule has 2 aromatic carbocycles. The highest BCUT2D eigenvalue weighted by atomic mass is 35.5. The number of amides is 3. The van der Waals surface area contributed by atoms with Gasteiger partial charge in [-0.3, -0.25) is 4.79 Å². The summed E-state index contributed by atoms with van der Waals surface area (Å²) in [6, 6.07) is 13.5. The number of ether oxygens (including phenoxy) is 1. The van der Waals surface area contributed by atoms with E-state index in [4.69, 9.17) is 16.3 Å². The Hall–Kier alpha value is -3.17. The molecule has 2 heterocycles. The fourth-order valence-electron chi connectivity index (χ4n) is 3.31. The van der Waals surface area contributed by atoms with Gasteiger partial charge in [-0.1, -0.05) is 22.9 Å². The molecule has 0 unspecified atom stereocenters. The van der Waals surface area contributed by atoms with E-state index >= 15 is 0 Å². The van der Waals surface area contributed by atoms with Gasteiger partial charge in [0.05, 0.1) is 13.2 Å². The molecule has 0 saturated carbocycles. The molecule has 10 heteroatoms. The summed E-state index contributed by atoms with van der Waals surface area (Å²) in [5.41, 5.74) is 1.30. The third-order valence-electron chi connectivity index (χ3n) is 4.88. The maximum atomic E-state index is 12.8. The van der Waals surface area contributed by atoms with E-state index < -0.39 is 0 Å². The molecule has 4 rings (SSSR count). The van der Waals surface area contributed by atoms with E-state index in [1.807, 2.05) is 0 Å². The van der Waals surface area contributed by atoms with E-state index in [-0.39, 0.29) is 23.0 Å². The largest absolute Gasteiger partial charge is 0.497 e. The number of halogens is 1. The van der Waals surface area contributed by atoms with E-state index in [1.165, 1.54) is 11.3 Å². The summed E-state index contributed by atoms with van der Waals surface area (Å²) >= 11 is 7.06. The zero-order chi connectivity index (χ0) is 21.8. The topological polar surface area (TPSA) is 96.4 Å². The van der Waals surface area contributed by atoms with Crippen molar-refractivity contribution >= 4 is 46.3 Å². The van der Waals surface area contributed by atoms with Crippen LogP contribution < -0.4 is 15.4 Å². The van der Waals surface area contributed by atoms with Gasteiger partial charge < -0.3 is 20.3 Å². The minimum absolute atomic E-state index is 0.213. The second-order valence-corrected chi connectivity index (χ2v) is 8.36. The minimum atomic E-state index is -0.349. The molecule has 1 saturated heterocycles. The van der Waals surface area contributed by atoms with Crippen LogP contribution >= 0.6 is 22.9 Å². The van der Waals surface area contributed by atoms with Crippen molar-refractivity contribution in [3.63, 3.8) is 0 Å². The number of urea groups is 1. The Morgan fingerprint density at radius 1 is 1.06 bits per heavy atom. The zero-order valence-electron chi connectivity index (χ0n) is 16.7. The normalized spacial score (nSPS) is 15.5. The molecule has 3 amide bonds. The molecule has 31 heavy (non-hydrogen) atoms. The number of rotatable bonds is 5. The highest BCUT2D eigenvalue weighted by molar-refractivity contribution is 7.13. The van der Waals surface area contributed by atoms with Crippen LogP contribution in [0.1, 0.15) is 33.7 Å². The van der Waals surface area contributed by atoms with Crippen LogP contribution in [0.15, 0.2) is 48.5 Å². The Morgan fingerprint density at radius 2 is 1.74 bits per heavy atom. The monoisotopic (exact) mass is 457 g/mol. The summed E-state index contributed by atoms with van der Waals surface area (Å²) < 4.78 is 5.14. The van der Waals surface area contributed by atoms with Gasteiger partial charge in [-0.05, 0) is 61.4 Å². The van der Waals surface area contributed by atoms with E-state index in [2.05, 4.69) is 20.8 Å². The van der Waals surface area contributed by atoms with Crippen molar-refractivity contribution in [3.05, 3.63) is 63.6 Å². The van der Waals surface area contributed by atoms with Gasteiger partial charge in [0.25, 0.3) is 5.91 Å². The number of nitrogens with one attached hydrogen (secondary N) is 2. The van der Waals surface area contributed by atoms with Gasteiger partial charge in [-0.2, -0.15) is 0 Å². The first-order valence-corrected chi connectivity index (χ1v) is 10.8. The smallest absolute Gasteiger partial charge is 0.322 e. The highest BCUT2D eigenvalue weighted by Crippen LogP contribution is 2.34. The maximum Gasteiger partial charge on any atom is 0.322 e. The van der Waals surface area contributed by atoms with Crippen LogP contribution in [0.3, 0.4) is 0 Å². The number of anilines is 2. The summed E-state index contributed by atoms with van der Waals surface area (Å²) in [7, 11) is 1.59. The number of carbonyl (C=O) groups is 2. The number of hydrogen-bond donors (Lipinski definition) is 2. The van der Waals surface area contributed by atoms with E-state index in [0.29, 0.717) is 27.9 Å². The Balaban J connectivity index is 1.42. The van der Waals surface area contributed by atoms with Gasteiger partial charge in [0.15, 0.2) is 0 Å². The van der Waals surface area contributed by atoms with Crippen LogP contribution in [-0.2, 0) is 0 Å². The number of aromatic nitrogens is 2. The lowest BCUT2D eigenvalue weighted by atomic mass is 10.2. The average molecular weight is 458 g/mol. The van der Waals surface area contributed by atoms with Crippen molar-refractivity contribution in [2.45, 2.75) is 18.9 Å². The fraction of sp³-hybridized carbons (Fsp3) is 0.238. The van der Waals surface area contributed by atoms with E-state index in [9.17, 15) is 9.59 Å². The zero-order valence-corrected chi connectivity index (χ0v) is 18.2. The Bertz CT molecular complexity index is 1070. The lowest BCUT2D eigenvalue weighted by Crippen LogP contribution is -2.34. The van der Waals surface area contributed by atoms with Crippen molar-refractivity contribution in [2.75, 3.05) is 24.3 Å². The van der Waals surface area contributed by atoms with Crippen LogP contribution in [0.25, 0.3) is 0 Å². The van der Waals surface area contributed by atoms with Gasteiger partial charge in [-0.15, -0.1) is 10.2 Å². The predicted octanol–water partition coefficient (Wildman–Crippen LogP) is 4.82. The molecule has 1 aliphatic heterocycles. The number of nitrogens with zero attached hydrogens (tertiary/aromatic N) is 3. The molecule has 1 aliphatic rings. The van der Waals surface area contributed by atoms with Crippen molar-refractivity contribution in [3.8, 4) is 5.75 Å². The van der Waals surface area contributed by atoms with Gasteiger partial charge in [-0.25, -0.2) is 4.79 Å². The standard InChI is InChI=1S/C21H20ClN5O3S/c1-30-16-10-8-15(9-11-16)24-21(29)27-12-2-3-17(27)19-25-26-20(31-19)18(28)23-14-6-4-13(22)5-7-14/h4-11,17H,2-3,12H2,1H3,(H,23,28)(H,24,29)/t17-/m1/s1. The molecule has 2 N–H and O–H groups in total. The Kier molecular flexibility index (Phi) is 6.34. The van der Waals surface area contributed by atoms with Crippen molar-refractivity contribution in [1.29, 1.82) is 0 Å². The summed E-state index contributed by atoms with van der Waals surface area (Å²) in [4.78, 5) is 27.0. The van der Waals surface area contributed by atoms with Gasteiger partial charge >= 0.3 is 6.03 Å². The SMILES string of the molecule is COc1ccc(NC(=O)N2CCC[C@@H]2c2nnc(C(=O)Nc3ccc(Cl)cc3)s2)cc1. The quantitative estimate of drug-likeness (QED) is 0.572. The molecule has 3 aromatic rings. The second-order valence-electron chi connectivity index (χ2n) is 6.92. The summed E-state index contributed by atoms with van der Waals surface area (Å²) in [6.45, 7) is 0.610. The van der Waals surface area contributed by atoms with Gasteiger partial charge in [0.1, 0.15) is 10.8 Å². The molecule has 8 nitrogen and oxygen atoms in total. The summed E-state index contributed by atoms with van der Waals surface area (Å²) in [5.74, 6) is 0.369. The van der Waals surface area contributed by atoms with Crippen molar-refractivity contribution < 1.29 is 14.3 Å². The predicted molar refractivity (Wildman–Crippen MR) is 120 cm³/mol. The van der Waals surface area contributed by atoms with Crippen LogP contribution in [0.2, 0.25) is 5.02 Å². The van der Waals surface area contributed by atoms with Crippen molar-refractivity contribution in [1.82, 2.24) is 15.1 Å². The molecular formula is C21H20ClN5O3S. The first-order valence-electron chi connectivity index (χ1n) is 9.65. The third-order valence-corrected chi connectivity index (χ3v) is 6.15. The lowest BCUT2D eigenvalue weighted by Gasteiger charge is -2.23. The van der Waals surface area contributed by atoms with Crippen LogP contribution in [0, 0.1) is 0 Å². The third kappa shape index (κ3) is 4.95. The van der Waals surface area contributed by atoms with E-state index in [0.717, 1.165) is 18.6 Å². The maximum absolute atomic E-state index is 12.8. The first kappa shape index (κ1) is 21.1. The summed E-state index contributed by atoms with van der Waals surface area (Å²) in [5, 5.41) is 15.4. The molecule has 1 atom stereocenters. The van der Waals surface area contributed by atoms with Crippen molar-refractivity contribution in [2.24, 2.45) is 0 Å². The molecule has 1 aromatic heterocycles. The van der Waals surface area contributed by atoms with Crippen LogP contribution in [0.4, 0.5) is 16.2 Å². The summed E-state index contributed by atoms with van der Waals surface area (Å²) in [6.07, 6.45) is 1.62. The molecule has 1 fully saturated rings. The number of benzene rings is 2. The number of likely N-dealkylation sites (tertiary alicyclic amines) is 1. The Labute approximate surface area is 188 Å². The first-order chi connectivity index (χ1) is 15.0. The number of methoxy groups -OCH3 is 1. The average Bonchev–Trinajstić information content (AvgIpc) is 3.45. The van der Waals surface area contributed by atoms with Crippen LogP contribution in [0.5, 0.6) is 5.75 Å². The second kappa shape index (κ2) is 9.32. The molecule has 0 aliphatic carbocycles. The Morgan fingerprint density at radius 3 is 2.45 bits per heavy atom. The fourth-order valence-corrected chi connectivity index (χ4v) is 4.33. The number of carbonyl (C=O) groups excluding carboxylic acids is 2. The minimum Gasteiger partial charge on any atom is -0.497 e. The van der Waals surface area contributed by atoms with Gasteiger partial charge in [0, 0.05) is 22.9 Å². The molecule has 0 bridgehead atoms. The molecule has 160 valence electrons. The molecular weight excluding hydrogens is 438 g/mol. The van der Waals surface area contributed by atoms with Crippen LogP contribution in [-0.4, -0.2) is 40.7 Å². The highest BCUT2D eigenvalue weighted by Gasteiger charge is 2.33. The lowest BCUT2D eigenvalue weighted by molar-refractivity contribution is 0.102.